The number of rotatable bonds is 30. The Labute approximate surface area is 377 Å². The molecule has 0 fully saturated rings. The number of nitrogens with one attached hydrogen (secondary N) is 4. The third-order valence-corrected chi connectivity index (χ3v) is 12.8. The van der Waals surface area contributed by atoms with Crippen molar-refractivity contribution in [3.8, 4) is 0 Å². The molecule has 2 heterocycles. The molecule has 13 heteroatoms. The van der Waals surface area contributed by atoms with Crippen molar-refractivity contribution in [3.05, 3.63) is 36.4 Å². The minimum atomic E-state index is -4.45. The Kier molecular flexibility index (Phi) is 27.2. The van der Waals surface area contributed by atoms with E-state index in [4.69, 9.17) is 0 Å². The first kappa shape index (κ1) is 51.9. The summed E-state index contributed by atoms with van der Waals surface area (Å²) in [6.07, 6.45) is 36.3. The van der Waals surface area contributed by atoms with Crippen LogP contribution < -0.4 is 21.3 Å². The van der Waals surface area contributed by atoms with Crippen LogP contribution in [-0.4, -0.2) is 76.0 Å². The van der Waals surface area contributed by atoms with Gasteiger partial charge in [-0.1, -0.05) is 180 Å². The van der Waals surface area contributed by atoms with E-state index in [9.17, 15) is 25.9 Å². The first-order valence-corrected chi connectivity index (χ1v) is 25.1. The van der Waals surface area contributed by atoms with Gasteiger partial charge in [-0.15, -0.1) is 0 Å². The molecule has 10 nitrogen and oxygen atoms in total. The van der Waals surface area contributed by atoms with Gasteiger partial charge in [0.15, 0.2) is 0 Å². The van der Waals surface area contributed by atoms with Gasteiger partial charge in [0.05, 0.1) is 44.9 Å². The van der Waals surface area contributed by atoms with E-state index >= 15 is 0 Å². The Morgan fingerprint density at radius 1 is 0.421 bits per heavy atom. The second kappa shape index (κ2) is 29.9. The topological polar surface area (TPSA) is 163 Å². The summed E-state index contributed by atoms with van der Waals surface area (Å²) < 4.78 is 68.2. The quantitative estimate of drug-likeness (QED) is 0.0338. The molecule has 57 heavy (non-hydrogen) atoms. The van der Waals surface area contributed by atoms with E-state index in [0.29, 0.717) is 22.7 Å². The minimum Gasteiger partial charge on any atom is -0.744 e. The maximum atomic E-state index is 11.4. The van der Waals surface area contributed by atoms with Gasteiger partial charge >= 0.3 is 37.7 Å². The Bertz CT molecular complexity index is 1480. The van der Waals surface area contributed by atoms with Crippen LogP contribution in [0.1, 0.15) is 194 Å². The van der Waals surface area contributed by atoms with Gasteiger partial charge in [0.2, 0.25) is 0 Å². The molecule has 0 bridgehead atoms. The van der Waals surface area contributed by atoms with Crippen LogP contribution in [-0.2, 0) is 20.2 Å². The molecule has 0 aliphatic carbocycles. The average Bonchev–Trinajstić information content (AvgIpc) is 3.78. The number of benzene rings is 2. The van der Waals surface area contributed by atoms with E-state index in [1.165, 1.54) is 166 Å². The molecule has 2 aliphatic heterocycles. The number of hydrogen-bond donors (Lipinski definition) is 4. The average molecular weight is 859 g/mol. The number of unbranched alkanes of at least 4 members (excludes halogenated alkanes) is 24. The molecule has 0 radical (unpaired) electrons. The third kappa shape index (κ3) is 21.2. The summed E-state index contributed by atoms with van der Waals surface area (Å²) in [5.74, 6) is 0. The number of para-hydroxylation sites is 2. The van der Waals surface area contributed by atoms with Crippen molar-refractivity contribution < 1.29 is 25.9 Å². The molecule has 2 aromatic rings. The van der Waals surface area contributed by atoms with E-state index in [2.05, 4.69) is 35.1 Å². The van der Waals surface area contributed by atoms with Gasteiger partial charge in [-0.05, 0) is 49.9 Å². The van der Waals surface area contributed by atoms with Crippen molar-refractivity contribution in [3.63, 3.8) is 0 Å². The molecule has 4 N–H and O–H groups in total. The van der Waals surface area contributed by atoms with Crippen LogP contribution in [0.3, 0.4) is 0 Å². The molecule has 2 atom stereocenters. The third-order valence-electron chi connectivity index (χ3n) is 11.1. The largest absolute Gasteiger partial charge is 2.00 e. The summed E-state index contributed by atoms with van der Waals surface area (Å²) in [6.45, 7) is 4.52. The van der Waals surface area contributed by atoms with Crippen molar-refractivity contribution in [2.75, 3.05) is 21.3 Å². The predicted molar refractivity (Wildman–Crippen MR) is 237 cm³/mol. The molecule has 2 aromatic carbocycles. The standard InChI is InChI=1S/2C22H38N2O3S.Ca/c2*1-2-3-4-5-6-7-8-9-10-11-12-13-14-18-21-23-19-16-15-17-20(22(19)24-21)28(25,26)27;/h2*15-17,21,23-24H,2-14,18H2,1H3,(H,25,26,27);/q;;+2/p-2. The molecule has 0 aromatic heterocycles. The summed E-state index contributed by atoms with van der Waals surface area (Å²) >= 11 is 0. The van der Waals surface area contributed by atoms with Crippen LogP contribution in [0.15, 0.2) is 46.2 Å². The molecule has 2 aliphatic rings. The molecule has 320 valence electrons. The predicted octanol–water partition coefficient (Wildman–Crippen LogP) is 12.1. The number of hydrogen-bond acceptors (Lipinski definition) is 10. The van der Waals surface area contributed by atoms with Crippen molar-refractivity contribution in [1.82, 2.24) is 0 Å². The fourth-order valence-electron chi connectivity index (χ4n) is 7.83. The fourth-order valence-corrected chi connectivity index (χ4v) is 9.16. The van der Waals surface area contributed by atoms with E-state index in [1.807, 2.05) is 0 Å². The summed E-state index contributed by atoms with van der Waals surface area (Å²) in [4.78, 5) is -0.323. The Morgan fingerprint density at radius 3 is 0.947 bits per heavy atom. The summed E-state index contributed by atoms with van der Waals surface area (Å²) in [7, 11) is -8.90. The molecule has 0 amide bonds. The van der Waals surface area contributed by atoms with Crippen molar-refractivity contribution in [1.29, 1.82) is 0 Å². The van der Waals surface area contributed by atoms with Crippen LogP contribution in [0.5, 0.6) is 0 Å². The normalized spacial score (nSPS) is 15.6. The van der Waals surface area contributed by atoms with Crippen LogP contribution in [0, 0.1) is 0 Å². The maximum Gasteiger partial charge on any atom is 2.00 e. The van der Waals surface area contributed by atoms with Gasteiger partial charge in [-0.25, -0.2) is 16.8 Å². The van der Waals surface area contributed by atoms with Gasteiger partial charge in [-0.2, -0.15) is 0 Å². The zero-order valence-electron chi connectivity index (χ0n) is 35.4. The Hall–Kier alpha value is -1.28. The molecule has 0 spiro atoms. The molecule has 2 unspecified atom stereocenters. The summed E-state index contributed by atoms with van der Waals surface area (Å²) in [5.41, 5.74) is 2.27. The SMILES string of the molecule is CCCCCCCCCCCCCCCC1Nc2cccc(S(=O)(=O)[O-])c2N1.CCCCCCCCCCCCCCCC1Nc2cccc(S(=O)(=O)[O-])c2N1.[Ca+2]. The molecule has 0 saturated carbocycles. The van der Waals surface area contributed by atoms with Crippen LogP contribution >= 0.6 is 0 Å². The van der Waals surface area contributed by atoms with E-state index < -0.39 is 20.2 Å². The van der Waals surface area contributed by atoms with E-state index in [1.54, 1.807) is 24.3 Å². The van der Waals surface area contributed by atoms with Gasteiger partial charge < -0.3 is 30.4 Å². The monoisotopic (exact) mass is 858 g/mol. The zero-order chi connectivity index (χ0) is 40.5. The van der Waals surface area contributed by atoms with Crippen LogP contribution in [0.2, 0.25) is 0 Å². The van der Waals surface area contributed by atoms with Crippen molar-refractivity contribution in [2.45, 2.75) is 216 Å². The summed E-state index contributed by atoms with van der Waals surface area (Å²) in [5, 5.41) is 12.9. The van der Waals surface area contributed by atoms with Crippen LogP contribution in [0.25, 0.3) is 0 Å². The zero-order valence-corrected chi connectivity index (χ0v) is 39.2. The van der Waals surface area contributed by atoms with E-state index in [-0.39, 0.29) is 59.9 Å². The number of fused-ring (bicyclic) bond motifs is 2. The first-order chi connectivity index (χ1) is 27.0. The van der Waals surface area contributed by atoms with Crippen LogP contribution in [0.4, 0.5) is 22.7 Å². The number of anilines is 4. The maximum absolute atomic E-state index is 11.4. The molecular weight excluding hydrogens is 785 g/mol. The van der Waals surface area contributed by atoms with E-state index in [0.717, 1.165) is 25.7 Å². The van der Waals surface area contributed by atoms with Gasteiger partial charge in [-0.3, -0.25) is 0 Å². The van der Waals surface area contributed by atoms with Crippen molar-refractivity contribution in [2.24, 2.45) is 0 Å². The fraction of sp³-hybridized carbons (Fsp3) is 0.727. The summed E-state index contributed by atoms with van der Waals surface area (Å²) in [6, 6.07) is 9.55. The Balaban J connectivity index is 0.000000387. The Morgan fingerprint density at radius 2 is 0.684 bits per heavy atom. The second-order valence-corrected chi connectivity index (χ2v) is 18.7. The molecular formula is C44H74CaN4O6S2. The first-order valence-electron chi connectivity index (χ1n) is 22.3. The molecule has 0 saturated heterocycles. The second-order valence-electron chi connectivity index (χ2n) is 16.0. The van der Waals surface area contributed by atoms with Crippen molar-refractivity contribution >= 4 is 80.7 Å². The minimum absolute atomic E-state index is 0. The molecule has 4 rings (SSSR count). The van der Waals surface area contributed by atoms with Gasteiger partial charge in [0.25, 0.3) is 0 Å². The van der Waals surface area contributed by atoms with Gasteiger partial charge in [0.1, 0.15) is 20.2 Å². The van der Waals surface area contributed by atoms with Gasteiger partial charge in [0, 0.05) is 0 Å². The smallest absolute Gasteiger partial charge is 0.744 e.